The maximum absolute atomic E-state index is 12.9. The van der Waals surface area contributed by atoms with Crippen LogP contribution in [0.4, 0.5) is 8.78 Å². The van der Waals surface area contributed by atoms with Crippen LogP contribution in [0.25, 0.3) is 0 Å². The Morgan fingerprint density at radius 1 is 1.18 bits per heavy atom. The molecule has 2 aliphatic carbocycles. The lowest BCUT2D eigenvalue weighted by Gasteiger charge is -2.32. The van der Waals surface area contributed by atoms with Crippen molar-refractivity contribution in [2.75, 3.05) is 0 Å². The average molecular weight is 238 g/mol. The third kappa shape index (κ3) is 2.15. The summed E-state index contributed by atoms with van der Waals surface area (Å²) in [5.74, 6) is -1.49. The minimum Gasteiger partial charge on any atom is -0.490 e. The van der Waals surface area contributed by atoms with Crippen molar-refractivity contribution in [2.24, 2.45) is 5.92 Å². The van der Waals surface area contributed by atoms with Gasteiger partial charge < -0.3 is 4.74 Å². The maximum atomic E-state index is 12.9. The standard InChI is InChI=1S/C14H16F2O/c1-9-6-12(7-9)17-11-4-2-10(3-5-11)13-8-14(13,15)16/h2-5,9,12-13H,6-8H2,1H3. The second kappa shape index (κ2) is 3.69. The largest absolute Gasteiger partial charge is 0.490 e. The molecule has 2 fully saturated rings. The maximum Gasteiger partial charge on any atom is 0.255 e. The summed E-state index contributed by atoms with van der Waals surface area (Å²) in [5, 5.41) is 0. The van der Waals surface area contributed by atoms with Crippen molar-refractivity contribution in [1.82, 2.24) is 0 Å². The average Bonchev–Trinajstić information content (AvgIpc) is 2.87. The summed E-state index contributed by atoms with van der Waals surface area (Å²) in [5.41, 5.74) is 0.726. The monoisotopic (exact) mass is 238 g/mol. The molecule has 2 aliphatic rings. The lowest BCUT2D eigenvalue weighted by Crippen LogP contribution is -2.31. The predicted molar refractivity (Wildman–Crippen MR) is 61.6 cm³/mol. The first kappa shape index (κ1) is 11.0. The summed E-state index contributed by atoms with van der Waals surface area (Å²) in [6.07, 6.45) is 2.51. The molecule has 1 nitrogen and oxygen atoms in total. The summed E-state index contributed by atoms with van der Waals surface area (Å²) >= 11 is 0. The molecule has 0 aromatic heterocycles. The van der Waals surface area contributed by atoms with Gasteiger partial charge in [0.05, 0.1) is 12.0 Å². The molecule has 1 atom stereocenters. The third-order valence-corrected chi connectivity index (χ3v) is 3.74. The van der Waals surface area contributed by atoms with E-state index in [9.17, 15) is 8.78 Å². The van der Waals surface area contributed by atoms with Gasteiger partial charge in [-0.05, 0) is 36.5 Å². The van der Waals surface area contributed by atoms with Gasteiger partial charge in [0.25, 0.3) is 5.92 Å². The minimum absolute atomic E-state index is 0.00660. The molecule has 0 heterocycles. The van der Waals surface area contributed by atoms with Crippen LogP contribution in [-0.4, -0.2) is 12.0 Å². The number of hydrogen-bond acceptors (Lipinski definition) is 1. The molecule has 0 spiro atoms. The Kier molecular flexibility index (Phi) is 2.39. The van der Waals surface area contributed by atoms with E-state index in [1.165, 1.54) is 0 Å². The molecule has 92 valence electrons. The van der Waals surface area contributed by atoms with E-state index in [0.717, 1.165) is 30.1 Å². The molecule has 0 aliphatic heterocycles. The van der Waals surface area contributed by atoms with Crippen molar-refractivity contribution in [3.05, 3.63) is 29.8 Å². The van der Waals surface area contributed by atoms with Gasteiger partial charge in [0.1, 0.15) is 5.75 Å². The Bertz CT molecular complexity index is 407. The van der Waals surface area contributed by atoms with Crippen LogP contribution >= 0.6 is 0 Å². The van der Waals surface area contributed by atoms with E-state index in [4.69, 9.17) is 4.74 Å². The fraction of sp³-hybridized carbons (Fsp3) is 0.571. The molecule has 2 saturated carbocycles. The van der Waals surface area contributed by atoms with Gasteiger partial charge in [0.2, 0.25) is 0 Å². The molecular weight excluding hydrogens is 222 g/mol. The van der Waals surface area contributed by atoms with Crippen molar-refractivity contribution in [3.8, 4) is 5.75 Å². The normalized spacial score (nSPS) is 33.9. The Balaban J connectivity index is 1.61. The van der Waals surface area contributed by atoms with Crippen LogP contribution in [0.15, 0.2) is 24.3 Å². The quantitative estimate of drug-likeness (QED) is 0.773. The number of halogens is 2. The zero-order valence-corrected chi connectivity index (χ0v) is 9.83. The van der Waals surface area contributed by atoms with Gasteiger partial charge in [0.15, 0.2) is 0 Å². The molecule has 0 bridgehead atoms. The second-order valence-corrected chi connectivity index (χ2v) is 5.40. The van der Waals surface area contributed by atoms with Crippen LogP contribution < -0.4 is 4.74 Å². The van der Waals surface area contributed by atoms with Crippen LogP contribution in [0.2, 0.25) is 0 Å². The Morgan fingerprint density at radius 2 is 1.76 bits per heavy atom. The highest BCUT2D eigenvalue weighted by atomic mass is 19.3. The van der Waals surface area contributed by atoms with E-state index in [1.54, 1.807) is 12.1 Å². The van der Waals surface area contributed by atoms with Crippen molar-refractivity contribution < 1.29 is 13.5 Å². The number of benzene rings is 1. The van der Waals surface area contributed by atoms with Crippen molar-refractivity contribution >= 4 is 0 Å². The molecule has 0 saturated heterocycles. The zero-order chi connectivity index (χ0) is 12.0. The lowest BCUT2D eigenvalue weighted by molar-refractivity contribution is 0.0738. The highest BCUT2D eigenvalue weighted by Crippen LogP contribution is 2.55. The highest BCUT2D eigenvalue weighted by molar-refractivity contribution is 5.34. The number of alkyl halides is 2. The molecule has 0 radical (unpaired) electrons. The molecule has 3 rings (SSSR count). The second-order valence-electron chi connectivity index (χ2n) is 5.40. The first-order valence-electron chi connectivity index (χ1n) is 6.19. The first-order chi connectivity index (χ1) is 8.04. The molecule has 1 aromatic carbocycles. The highest BCUT2D eigenvalue weighted by Gasteiger charge is 2.57. The van der Waals surface area contributed by atoms with Crippen molar-refractivity contribution in [1.29, 1.82) is 0 Å². The number of hydrogen-bond donors (Lipinski definition) is 0. The predicted octanol–water partition coefficient (Wildman–Crippen LogP) is 3.99. The van der Waals surface area contributed by atoms with E-state index < -0.39 is 11.8 Å². The lowest BCUT2D eigenvalue weighted by atomic mass is 9.84. The van der Waals surface area contributed by atoms with E-state index in [-0.39, 0.29) is 6.42 Å². The Labute approximate surface area is 99.8 Å². The molecule has 1 unspecified atom stereocenters. The van der Waals surface area contributed by atoms with Gasteiger partial charge in [-0.2, -0.15) is 0 Å². The Hall–Kier alpha value is -1.12. The number of rotatable bonds is 3. The SMILES string of the molecule is CC1CC(Oc2ccc(C3CC3(F)F)cc2)C1. The van der Waals surface area contributed by atoms with Crippen LogP contribution in [0.3, 0.4) is 0 Å². The third-order valence-electron chi connectivity index (χ3n) is 3.74. The molecular formula is C14H16F2O. The summed E-state index contributed by atoms with van der Waals surface area (Å²) in [6.45, 7) is 2.21. The van der Waals surface area contributed by atoms with Crippen molar-refractivity contribution in [2.45, 2.75) is 44.1 Å². The fourth-order valence-electron chi connectivity index (χ4n) is 2.47. The van der Waals surface area contributed by atoms with Gasteiger partial charge in [-0.25, -0.2) is 8.78 Å². The molecule has 0 N–H and O–H groups in total. The van der Waals surface area contributed by atoms with E-state index in [0.29, 0.717) is 6.10 Å². The van der Waals surface area contributed by atoms with E-state index in [2.05, 4.69) is 6.92 Å². The smallest absolute Gasteiger partial charge is 0.255 e. The molecule has 0 amide bonds. The van der Waals surface area contributed by atoms with E-state index in [1.807, 2.05) is 12.1 Å². The van der Waals surface area contributed by atoms with Crippen LogP contribution in [-0.2, 0) is 0 Å². The van der Waals surface area contributed by atoms with Crippen LogP contribution in [0.1, 0.15) is 37.7 Å². The van der Waals surface area contributed by atoms with Gasteiger partial charge >= 0.3 is 0 Å². The summed E-state index contributed by atoms with van der Waals surface area (Å²) in [7, 11) is 0. The van der Waals surface area contributed by atoms with Crippen LogP contribution in [0.5, 0.6) is 5.75 Å². The van der Waals surface area contributed by atoms with E-state index >= 15 is 0 Å². The minimum atomic E-state index is -2.48. The summed E-state index contributed by atoms with van der Waals surface area (Å²) in [6, 6.07) is 7.16. The molecule has 1 aromatic rings. The van der Waals surface area contributed by atoms with Gasteiger partial charge in [-0.15, -0.1) is 0 Å². The topological polar surface area (TPSA) is 9.23 Å². The Morgan fingerprint density at radius 3 is 2.24 bits per heavy atom. The number of ether oxygens (including phenoxy) is 1. The fourth-order valence-corrected chi connectivity index (χ4v) is 2.47. The first-order valence-corrected chi connectivity index (χ1v) is 6.19. The van der Waals surface area contributed by atoms with Crippen LogP contribution in [0, 0.1) is 5.92 Å². The van der Waals surface area contributed by atoms with Gasteiger partial charge in [-0.1, -0.05) is 19.1 Å². The zero-order valence-electron chi connectivity index (χ0n) is 9.83. The molecule has 17 heavy (non-hydrogen) atoms. The van der Waals surface area contributed by atoms with Gasteiger partial charge in [0, 0.05) is 6.42 Å². The summed E-state index contributed by atoms with van der Waals surface area (Å²) < 4.78 is 31.5. The van der Waals surface area contributed by atoms with Crippen molar-refractivity contribution in [3.63, 3.8) is 0 Å². The molecule has 3 heteroatoms. The summed E-state index contributed by atoms with van der Waals surface area (Å²) in [4.78, 5) is 0. The van der Waals surface area contributed by atoms with Gasteiger partial charge in [-0.3, -0.25) is 0 Å².